The van der Waals surface area contributed by atoms with Crippen LogP contribution in [0.3, 0.4) is 0 Å². The molecule has 0 amide bonds. The van der Waals surface area contributed by atoms with Gasteiger partial charge in [-0.25, -0.2) is 14.4 Å². The molecule has 12 nitrogen and oxygen atoms in total. The van der Waals surface area contributed by atoms with Crippen LogP contribution in [0.2, 0.25) is 0 Å². The molecule has 0 spiro atoms. The summed E-state index contributed by atoms with van der Waals surface area (Å²) in [5, 5.41) is 0. The van der Waals surface area contributed by atoms with Crippen molar-refractivity contribution in [2.24, 2.45) is 10.8 Å². The largest absolute Gasteiger partial charge is 0.494 e. The Morgan fingerprint density at radius 3 is 1.52 bits per heavy atom. The molecule has 0 atom stereocenters. The maximum absolute atomic E-state index is 13.4. The van der Waals surface area contributed by atoms with E-state index < -0.39 is 17.9 Å². The van der Waals surface area contributed by atoms with Gasteiger partial charge in [0, 0.05) is 24.0 Å². The topological polar surface area (TPSA) is 134 Å². The molecule has 6 rings (SSSR count). The number of hydrogen-bond donors (Lipinski definition) is 0. The lowest BCUT2D eigenvalue weighted by Gasteiger charge is -2.40. The molecule has 2 heterocycles. The van der Waals surface area contributed by atoms with Crippen LogP contribution in [0.4, 0.5) is 0 Å². The molecule has 0 N–H and O–H groups in total. The molecule has 2 aliphatic heterocycles. The summed E-state index contributed by atoms with van der Waals surface area (Å²) >= 11 is 0. The number of unbranched alkanes of at least 4 members (excludes halogenated alkanes) is 2. The summed E-state index contributed by atoms with van der Waals surface area (Å²) < 4.78 is 51.0. The van der Waals surface area contributed by atoms with Crippen LogP contribution in [0.1, 0.15) is 89.0 Å². The first-order valence-corrected chi connectivity index (χ1v) is 20.9. The van der Waals surface area contributed by atoms with E-state index in [1.807, 2.05) is 30.3 Å². The van der Waals surface area contributed by atoms with Crippen molar-refractivity contribution in [3.8, 4) is 23.0 Å². The third-order valence-electron chi connectivity index (χ3n) is 10.8. The van der Waals surface area contributed by atoms with Crippen molar-refractivity contribution in [1.29, 1.82) is 0 Å². The highest BCUT2D eigenvalue weighted by atomic mass is 16.6. The first-order valence-electron chi connectivity index (χ1n) is 20.9. The lowest BCUT2D eigenvalue weighted by molar-refractivity contribution is -0.150. The Morgan fingerprint density at radius 2 is 1.03 bits per heavy atom. The van der Waals surface area contributed by atoms with Crippen molar-refractivity contribution < 1.29 is 57.0 Å². The fourth-order valence-corrected chi connectivity index (χ4v) is 6.45. The molecule has 0 aromatic heterocycles. The monoisotopic (exact) mass is 824 g/mol. The molecule has 320 valence electrons. The highest BCUT2D eigenvalue weighted by molar-refractivity contribution is 5.97. The number of esters is 3. The van der Waals surface area contributed by atoms with E-state index in [9.17, 15) is 14.4 Å². The number of rotatable bonds is 25. The van der Waals surface area contributed by atoms with Gasteiger partial charge in [0.25, 0.3) is 0 Å². The maximum Gasteiger partial charge on any atom is 0.343 e. The summed E-state index contributed by atoms with van der Waals surface area (Å²) in [6.45, 7) is 11.2. The number of ether oxygens (including phenoxy) is 9. The second kappa shape index (κ2) is 22.4. The van der Waals surface area contributed by atoms with Gasteiger partial charge >= 0.3 is 17.9 Å². The summed E-state index contributed by atoms with van der Waals surface area (Å²) in [4.78, 5) is 39.8. The predicted molar refractivity (Wildman–Crippen MR) is 223 cm³/mol. The Bertz CT molecular complexity index is 1940. The third-order valence-corrected chi connectivity index (χ3v) is 10.8. The minimum Gasteiger partial charge on any atom is -0.494 e. The molecule has 12 heteroatoms. The molecule has 0 radical (unpaired) electrons. The van der Waals surface area contributed by atoms with E-state index in [4.69, 9.17) is 42.6 Å². The average molecular weight is 825 g/mol. The third kappa shape index (κ3) is 12.9. The molecule has 0 bridgehead atoms. The van der Waals surface area contributed by atoms with Crippen LogP contribution in [0.15, 0.2) is 97.1 Å². The highest BCUT2D eigenvalue weighted by Crippen LogP contribution is 2.32. The standard InChI is InChI=1S/C48H56O12/c1-3-47(32-54-33-47)30-52-24-8-10-26-56-39-18-14-37(15-19-39)44(49)59-41-22-23-43(42(28-41)46(51)58-29-36-12-6-5-7-13-36)60-45(50)38-16-20-40(21-17-38)57-27-11-9-25-53-31-48(4-2)34-55-35-48/h5-7,12-23,28H,3-4,8-11,24-27,29-35H2,1-2H3. The van der Waals surface area contributed by atoms with Gasteiger partial charge in [-0.1, -0.05) is 44.2 Å². The van der Waals surface area contributed by atoms with E-state index in [-0.39, 0.29) is 45.6 Å². The molecule has 4 aromatic carbocycles. The second-order valence-electron chi connectivity index (χ2n) is 15.5. The van der Waals surface area contributed by atoms with Crippen molar-refractivity contribution in [3.63, 3.8) is 0 Å². The normalized spacial score (nSPS) is 14.9. The Labute approximate surface area is 352 Å². The van der Waals surface area contributed by atoms with E-state index in [1.165, 1.54) is 18.2 Å². The van der Waals surface area contributed by atoms with Crippen molar-refractivity contribution in [1.82, 2.24) is 0 Å². The fourth-order valence-electron chi connectivity index (χ4n) is 6.45. The van der Waals surface area contributed by atoms with E-state index >= 15 is 0 Å². The van der Waals surface area contributed by atoms with Gasteiger partial charge in [-0.05, 0) is 111 Å². The van der Waals surface area contributed by atoms with E-state index in [0.29, 0.717) is 37.9 Å². The van der Waals surface area contributed by atoms with Crippen molar-refractivity contribution in [2.45, 2.75) is 59.0 Å². The molecule has 60 heavy (non-hydrogen) atoms. The Kier molecular flexibility index (Phi) is 16.5. The summed E-state index contributed by atoms with van der Waals surface area (Å²) in [5.41, 5.74) is 1.58. The van der Waals surface area contributed by atoms with Crippen LogP contribution in [0, 0.1) is 10.8 Å². The Morgan fingerprint density at radius 1 is 0.550 bits per heavy atom. The summed E-state index contributed by atoms with van der Waals surface area (Å²) in [6, 6.07) is 26.5. The van der Waals surface area contributed by atoms with Crippen LogP contribution >= 0.6 is 0 Å². The average Bonchev–Trinajstić information content (AvgIpc) is 3.25. The first-order chi connectivity index (χ1) is 29.3. The molecular formula is C48H56O12. The van der Waals surface area contributed by atoms with Crippen molar-refractivity contribution in [3.05, 3.63) is 119 Å². The zero-order chi connectivity index (χ0) is 42.0. The molecule has 0 unspecified atom stereocenters. The SMILES string of the molecule is CCC1(COCCCCOc2ccc(C(=O)Oc3ccc(OC(=O)c4ccc(OCCCCOCC5(CC)COC5)cc4)c(C(=O)OCc4ccccc4)c3)cc2)COC1. The lowest BCUT2D eigenvalue weighted by Crippen LogP contribution is -2.45. The molecule has 2 saturated heterocycles. The molecular weight excluding hydrogens is 769 g/mol. The van der Waals surface area contributed by atoms with Gasteiger partial charge in [0.1, 0.15) is 35.2 Å². The van der Waals surface area contributed by atoms with Gasteiger partial charge < -0.3 is 42.6 Å². The zero-order valence-electron chi connectivity index (χ0n) is 34.7. The van der Waals surface area contributed by atoms with Crippen molar-refractivity contribution >= 4 is 17.9 Å². The predicted octanol–water partition coefficient (Wildman–Crippen LogP) is 8.69. The number of carbonyl (C=O) groups excluding carboxylic acids is 3. The van der Waals surface area contributed by atoms with Gasteiger partial charge in [-0.3, -0.25) is 0 Å². The minimum absolute atomic E-state index is 0.0157. The molecule has 0 aliphatic carbocycles. The highest BCUT2D eigenvalue weighted by Gasteiger charge is 2.37. The second-order valence-corrected chi connectivity index (χ2v) is 15.5. The smallest absolute Gasteiger partial charge is 0.343 e. The first kappa shape index (κ1) is 44.3. The maximum atomic E-state index is 13.4. The fraction of sp³-hybridized carbons (Fsp3) is 0.438. The minimum atomic E-state index is -0.762. The molecule has 2 fully saturated rings. The number of carbonyl (C=O) groups is 3. The van der Waals surface area contributed by atoms with Crippen LogP contribution < -0.4 is 18.9 Å². The van der Waals surface area contributed by atoms with Gasteiger partial charge in [0.2, 0.25) is 0 Å². The number of hydrogen-bond acceptors (Lipinski definition) is 12. The molecule has 0 saturated carbocycles. The van der Waals surface area contributed by atoms with E-state index in [1.54, 1.807) is 48.5 Å². The quantitative estimate of drug-likeness (QED) is 0.0360. The summed E-state index contributed by atoms with van der Waals surface area (Å²) in [6.07, 6.45) is 5.50. The van der Waals surface area contributed by atoms with Gasteiger partial charge in [0.05, 0.1) is 64.0 Å². The summed E-state index contributed by atoms with van der Waals surface area (Å²) in [7, 11) is 0. The molecule has 4 aromatic rings. The van der Waals surface area contributed by atoms with Crippen LogP contribution in [-0.4, -0.2) is 84.0 Å². The van der Waals surface area contributed by atoms with E-state index in [0.717, 1.165) is 83.7 Å². The van der Waals surface area contributed by atoms with Gasteiger partial charge in [-0.15, -0.1) is 0 Å². The Balaban J connectivity index is 0.985. The Hall–Kier alpha value is -5.27. The van der Waals surface area contributed by atoms with E-state index in [2.05, 4.69) is 13.8 Å². The molecule has 2 aliphatic rings. The lowest BCUT2D eigenvalue weighted by atomic mass is 9.84. The zero-order valence-corrected chi connectivity index (χ0v) is 34.7. The van der Waals surface area contributed by atoms with Crippen molar-refractivity contribution in [2.75, 3.05) is 66.1 Å². The van der Waals surface area contributed by atoms with Crippen LogP contribution in [0.25, 0.3) is 0 Å². The van der Waals surface area contributed by atoms with Gasteiger partial charge in [0.15, 0.2) is 0 Å². The van der Waals surface area contributed by atoms with Crippen LogP contribution in [-0.2, 0) is 30.3 Å². The van der Waals surface area contributed by atoms with Crippen LogP contribution in [0.5, 0.6) is 23.0 Å². The summed E-state index contributed by atoms with van der Waals surface area (Å²) in [5.74, 6) is -0.856. The number of benzene rings is 4. The van der Waals surface area contributed by atoms with Gasteiger partial charge in [-0.2, -0.15) is 0 Å².